The summed E-state index contributed by atoms with van der Waals surface area (Å²) >= 11 is 8.80. The van der Waals surface area contributed by atoms with Crippen LogP contribution in [-0.2, 0) is 0 Å². The van der Waals surface area contributed by atoms with E-state index in [-0.39, 0.29) is 0 Å². The van der Waals surface area contributed by atoms with E-state index < -0.39 is 11.2 Å². The summed E-state index contributed by atoms with van der Waals surface area (Å²) < 4.78 is 1.61. The third-order valence-corrected chi connectivity index (χ3v) is 2.82. The number of nitrogens with one attached hydrogen (secondary N) is 1. The molecule has 0 unspecified atom stereocenters. The third-order valence-electron chi connectivity index (χ3n) is 2.00. The van der Waals surface area contributed by atoms with E-state index in [4.69, 9.17) is 11.6 Å². The molecule has 1 N–H and O–H groups in total. The molecular formula is C10H6BrClN2O2. The van der Waals surface area contributed by atoms with Gasteiger partial charge >= 0.3 is 5.69 Å². The molecule has 0 bridgehead atoms. The molecular weight excluding hydrogens is 295 g/mol. The van der Waals surface area contributed by atoms with Crippen molar-refractivity contribution < 1.29 is 0 Å². The summed E-state index contributed by atoms with van der Waals surface area (Å²) in [4.78, 5) is 24.9. The van der Waals surface area contributed by atoms with Crippen molar-refractivity contribution in [1.29, 1.82) is 0 Å². The highest BCUT2D eigenvalue weighted by molar-refractivity contribution is 9.10. The highest BCUT2D eigenvalue weighted by Gasteiger charge is 2.03. The second-order valence-corrected chi connectivity index (χ2v) is 4.37. The number of aromatic amines is 1. The first-order valence-corrected chi connectivity index (χ1v) is 5.52. The molecule has 82 valence electrons. The van der Waals surface area contributed by atoms with Crippen LogP contribution >= 0.6 is 27.5 Å². The Hall–Kier alpha value is -1.33. The first-order valence-electron chi connectivity index (χ1n) is 4.35. The van der Waals surface area contributed by atoms with E-state index in [0.29, 0.717) is 15.2 Å². The average Bonchev–Trinajstić information content (AvgIpc) is 2.25. The normalized spacial score (nSPS) is 10.4. The van der Waals surface area contributed by atoms with Crippen LogP contribution in [0.5, 0.6) is 0 Å². The standard InChI is InChI=1S/C10H6BrClN2O2/c11-8-5-14(10(16)13-9(8)15)7-3-1-6(12)2-4-7/h1-5H,(H,13,15,16). The Morgan fingerprint density at radius 2 is 1.81 bits per heavy atom. The summed E-state index contributed by atoms with van der Waals surface area (Å²) in [5, 5.41) is 0.584. The van der Waals surface area contributed by atoms with Gasteiger partial charge in [0.25, 0.3) is 5.56 Å². The van der Waals surface area contributed by atoms with Gasteiger partial charge in [-0.1, -0.05) is 11.6 Å². The SMILES string of the molecule is O=c1[nH]c(=O)n(-c2ccc(Cl)cc2)cc1Br. The predicted octanol–water partition coefficient (Wildman–Crippen LogP) is 1.94. The van der Waals surface area contributed by atoms with Gasteiger partial charge in [-0.3, -0.25) is 14.3 Å². The average molecular weight is 302 g/mol. The topological polar surface area (TPSA) is 54.9 Å². The van der Waals surface area contributed by atoms with Crippen molar-refractivity contribution >= 4 is 27.5 Å². The molecule has 0 aliphatic carbocycles. The van der Waals surface area contributed by atoms with Crippen LogP contribution in [0.2, 0.25) is 5.02 Å². The van der Waals surface area contributed by atoms with E-state index in [1.54, 1.807) is 24.3 Å². The highest BCUT2D eigenvalue weighted by Crippen LogP contribution is 2.12. The molecule has 0 saturated carbocycles. The third kappa shape index (κ3) is 2.10. The summed E-state index contributed by atoms with van der Waals surface area (Å²) in [6.07, 6.45) is 1.42. The lowest BCUT2D eigenvalue weighted by Gasteiger charge is -2.04. The van der Waals surface area contributed by atoms with Gasteiger partial charge in [0.15, 0.2) is 0 Å². The molecule has 0 fully saturated rings. The largest absolute Gasteiger partial charge is 0.332 e. The van der Waals surface area contributed by atoms with Gasteiger partial charge in [0.05, 0.1) is 10.2 Å². The van der Waals surface area contributed by atoms with E-state index in [9.17, 15) is 9.59 Å². The Morgan fingerprint density at radius 3 is 2.44 bits per heavy atom. The first-order chi connectivity index (χ1) is 7.58. The number of aromatic nitrogens is 2. The molecule has 0 radical (unpaired) electrons. The fourth-order valence-electron chi connectivity index (χ4n) is 1.24. The molecule has 0 aliphatic heterocycles. The van der Waals surface area contributed by atoms with Crippen LogP contribution in [-0.4, -0.2) is 9.55 Å². The Morgan fingerprint density at radius 1 is 1.19 bits per heavy atom. The lowest BCUT2D eigenvalue weighted by atomic mass is 10.3. The Balaban J connectivity index is 2.65. The van der Waals surface area contributed by atoms with Gasteiger partial charge in [-0.2, -0.15) is 0 Å². The summed E-state index contributed by atoms with van der Waals surface area (Å²) in [6.45, 7) is 0. The minimum absolute atomic E-state index is 0.294. The summed E-state index contributed by atoms with van der Waals surface area (Å²) in [7, 11) is 0. The van der Waals surface area contributed by atoms with E-state index in [2.05, 4.69) is 20.9 Å². The fraction of sp³-hybridized carbons (Fsp3) is 0. The van der Waals surface area contributed by atoms with Crippen molar-refractivity contribution in [2.24, 2.45) is 0 Å². The zero-order valence-corrected chi connectivity index (χ0v) is 10.2. The van der Waals surface area contributed by atoms with Crippen molar-refractivity contribution in [3.8, 4) is 5.69 Å². The quantitative estimate of drug-likeness (QED) is 0.875. The second-order valence-electron chi connectivity index (χ2n) is 3.08. The monoisotopic (exact) mass is 300 g/mol. The van der Waals surface area contributed by atoms with Crippen molar-refractivity contribution in [1.82, 2.24) is 9.55 Å². The zero-order valence-electron chi connectivity index (χ0n) is 7.91. The van der Waals surface area contributed by atoms with Gasteiger partial charge in [-0.05, 0) is 40.2 Å². The maximum absolute atomic E-state index is 11.5. The molecule has 1 heterocycles. The molecule has 0 amide bonds. The van der Waals surface area contributed by atoms with Crippen LogP contribution in [0.3, 0.4) is 0 Å². The number of halogens is 2. The smallest absolute Gasteiger partial charge is 0.273 e. The maximum atomic E-state index is 11.5. The van der Waals surface area contributed by atoms with Gasteiger partial charge in [-0.25, -0.2) is 4.79 Å². The predicted molar refractivity (Wildman–Crippen MR) is 65.4 cm³/mol. The highest BCUT2D eigenvalue weighted by atomic mass is 79.9. The molecule has 2 rings (SSSR count). The minimum Gasteiger partial charge on any atom is -0.273 e. The molecule has 0 atom stereocenters. The fourth-order valence-corrected chi connectivity index (χ4v) is 1.67. The van der Waals surface area contributed by atoms with Gasteiger partial charge in [0.2, 0.25) is 0 Å². The number of nitrogens with zero attached hydrogens (tertiary/aromatic N) is 1. The summed E-state index contributed by atoms with van der Waals surface area (Å²) in [5.74, 6) is 0. The molecule has 1 aromatic carbocycles. The number of H-pyrrole nitrogens is 1. The zero-order chi connectivity index (χ0) is 11.7. The molecule has 1 aromatic heterocycles. The van der Waals surface area contributed by atoms with Gasteiger partial charge in [-0.15, -0.1) is 0 Å². The summed E-state index contributed by atoms with van der Waals surface area (Å²) in [6, 6.07) is 6.72. The van der Waals surface area contributed by atoms with Gasteiger partial charge < -0.3 is 0 Å². The van der Waals surface area contributed by atoms with Crippen LogP contribution in [0, 0.1) is 0 Å². The molecule has 2 aromatic rings. The number of hydrogen-bond donors (Lipinski definition) is 1. The van der Waals surface area contributed by atoms with Crippen LogP contribution in [0.4, 0.5) is 0 Å². The first kappa shape index (κ1) is 11.2. The van der Waals surface area contributed by atoms with Crippen LogP contribution in [0.1, 0.15) is 0 Å². The van der Waals surface area contributed by atoms with Crippen molar-refractivity contribution in [3.63, 3.8) is 0 Å². The Bertz CT molecular complexity index is 631. The van der Waals surface area contributed by atoms with Crippen molar-refractivity contribution in [2.75, 3.05) is 0 Å². The molecule has 6 heteroatoms. The Labute approximate surface area is 104 Å². The van der Waals surface area contributed by atoms with Crippen LogP contribution in [0.25, 0.3) is 5.69 Å². The Kier molecular flexibility index (Phi) is 2.98. The minimum atomic E-state index is -0.490. The van der Waals surface area contributed by atoms with Crippen molar-refractivity contribution in [2.45, 2.75) is 0 Å². The maximum Gasteiger partial charge on any atom is 0.332 e. The van der Waals surface area contributed by atoms with Gasteiger partial charge in [0.1, 0.15) is 0 Å². The van der Waals surface area contributed by atoms with E-state index >= 15 is 0 Å². The van der Waals surface area contributed by atoms with Crippen LogP contribution in [0.15, 0.2) is 44.5 Å². The lowest BCUT2D eigenvalue weighted by Crippen LogP contribution is -2.28. The number of benzene rings is 1. The number of hydrogen-bond acceptors (Lipinski definition) is 2. The van der Waals surface area contributed by atoms with E-state index in [1.807, 2.05) is 0 Å². The van der Waals surface area contributed by atoms with Crippen LogP contribution < -0.4 is 11.2 Å². The molecule has 4 nitrogen and oxygen atoms in total. The molecule has 0 spiro atoms. The lowest BCUT2D eigenvalue weighted by molar-refractivity contribution is 0.887. The molecule has 0 aliphatic rings. The molecule has 16 heavy (non-hydrogen) atoms. The van der Waals surface area contributed by atoms with E-state index in [1.165, 1.54) is 10.8 Å². The summed E-state index contributed by atoms with van der Waals surface area (Å²) in [5.41, 5.74) is -0.308. The molecule has 0 saturated heterocycles. The van der Waals surface area contributed by atoms with Gasteiger partial charge in [0, 0.05) is 11.2 Å². The number of rotatable bonds is 1. The van der Waals surface area contributed by atoms with E-state index in [0.717, 1.165) is 0 Å². The second kappa shape index (κ2) is 4.27. The van der Waals surface area contributed by atoms with Crippen molar-refractivity contribution in [3.05, 3.63) is 60.8 Å².